The zero-order chi connectivity index (χ0) is 18.3. The summed E-state index contributed by atoms with van der Waals surface area (Å²) in [6.45, 7) is 10.5. The summed E-state index contributed by atoms with van der Waals surface area (Å²) in [7, 11) is 0. The van der Waals surface area contributed by atoms with E-state index in [2.05, 4.69) is 26.5 Å². The van der Waals surface area contributed by atoms with Gasteiger partial charge in [-0.15, -0.1) is 0 Å². The van der Waals surface area contributed by atoms with E-state index in [9.17, 15) is 15.3 Å². The fourth-order valence-electron chi connectivity index (χ4n) is 4.85. The Morgan fingerprint density at radius 2 is 1.76 bits per heavy atom. The number of allylic oxidation sites excluding steroid dienone is 3. The van der Waals surface area contributed by atoms with E-state index in [0.29, 0.717) is 0 Å². The highest BCUT2D eigenvalue weighted by Crippen LogP contribution is 2.55. The van der Waals surface area contributed by atoms with Gasteiger partial charge in [-0.25, -0.2) is 0 Å². The summed E-state index contributed by atoms with van der Waals surface area (Å²) in [5.41, 5.74) is 5.14. The Hall–Kier alpha value is -1.90. The highest BCUT2D eigenvalue weighted by atomic mass is 16.3. The first-order valence-corrected chi connectivity index (χ1v) is 9.48. The van der Waals surface area contributed by atoms with Crippen molar-refractivity contribution in [2.45, 2.75) is 71.1 Å². The molecule has 0 radical (unpaired) electrons. The third-order valence-electron chi connectivity index (χ3n) is 6.20. The maximum atomic E-state index is 10.8. The average Bonchev–Trinajstić information content (AvgIpc) is 2.59. The van der Waals surface area contributed by atoms with Gasteiger partial charge in [-0.1, -0.05) is 30.7 Å². The lowest BCUT2D eigenvalue weighted by Crippen LogP contribution is -2.21. The molecule has 0 heterocycles. The highest BCUT2D eigenvalue weighted by molar-refractivity contribution is 5.65. The number of aromatic hydroxyl groups is 3. The van der Waals surface area contributed by atoms with Crippen LogP contribution in [0.3, 0.4) is 0 Å². The number of phenols is 3. The third kappa shape index (κ3) is 2.94. The standard InChI is InChI=1S/C22H30O3/c1-5-14-7-6-8-16-18(14)20(23)22(25)21(24)19(16)17-11-13(4)9-10-15(17)12(2)3/h11,14-15,17,23-25H,2,5-10H2,1,3-4H3/t14-,15+,17-/m1/s1. The highest BCUT2D eigenvalue weighted by Gasteiger charge is 2.36. The van der Waals surface area contributed by atoms with Crippen molar-refractivity contribution in [3.8, 4) is 17.2 Å². The second-order valence-corrected chi connectivity index (χ2v) is 7.88. The van der Waals surface area contributed by atoms with Crippen LogP contribution >= 0.6 is 0 Å². The van der Waals surface area contributed by atoms with Crippen LogP contribution in [-0.2, 0) is 6.42 Å². The molecular formula is C22H30O3. The van der Waals surface area contributed by atoms with Crippen molar-refractivity contribution in [2.24, 2.45) is 5.92 Å². The zero-order valence-corrected chi connectivity index (χ0v) is 15.6. The van der Waals surface area contributed by atoms with Crippen LogP contribution in [0.15, 0.2) is 23.8 Å². The van der Waals surface area contributed by atoms with Gasteiger partial charge in [-0.3, -0.25) is 0 Å². The van der Waals surface area contributed by atoms with Gasteiger partial charge in [0.15, 0.2) is 11.5 Å². The Morgan fingerprint density at radius 1 is 1.08 bits per heavy atom. The van der Waals surface area contributed by atoms with E-state index in [-0.39, 0.29) is 35.0 Å². The van der Waals surface area contributed by atoms with Gasteiger partial charge < -0.3 is 15.3 Å². The number of fused-ring (bicyclic) bond motifs is 1. The van der Waals surface area contributed by atoms with E-state index in [4.69, 9.17) is 0 Å². The van der Waals surface area contributed by atoms with Crippen LogP contribution in [0, 0.1) is 5.92 Å². The zero-order valence-electron chi connectivity index (χ0n) is 15.6. The van der Waals surface area contributed by atoms with Crippen molar-refractivity contribution in [3.63, 3.8) is 0 Å². The molecule has 3 N–H and O–H groups in total. The molecule has 2 aliphatic rings. The molecule has 136 valence electrons. The van der Waals surface area contributed by atoms with E-state index in [1.54, 1.807) is 0 Å². The fourth-order valence-corrected chi connectivity index (χ4v) is 4.85. The molecule has 0 amide bonds. The van der Waals surface area contributed by atoms with Crippen LogP contribution in [-0.4, -0.2) is 15.3 Å². The summed E-state index contributed by atoms with van der Waals surface area (Å²) < 4.78 is 0. The number of rotatable bonds is 3. The minimum absolute atomic E-state index is 0.0158. The van der Waals surface area contributed by atoms with E-state index in [1.165, 1.54) is 5.57 Å². The number of hydrogen-bond donors (Lipinski definition) is 3. The SMILES string of the molecule is C=C(C)[C@@H]1CCC(C)=C[C@H]1c1c(O)c(O)c(O)c2c1CCC[C@H]2CC. The Bertz CT molecular complexity index is 730. The van der Waals surface area contributed by atoms with Gasteiger partial charge >= 0.3 is 0 Å². The van der Waals surface area contributed by atoms with Crippen molar-refractivity contribution in [2.75, 3.05) is 0 Å². The van der Waals surface area contributed by atoms with Gasteiger partial charge in [-0.05, 0) is 69.8 Å². The minimum Gasteiger partial charge on any atom is -0.504 e. The molecule has 3 nitrogen and oxygen atoms in total. The molecule has 0 saturated heterocycles. The van der Waals surface area contributed by atoms with Gasteiger partial charge in [-0.2, -0.15) is 0 Å². The van der Waals surface area contributed by atoms with Gasteiger partial charge in [0.05, 0.1) is 0 Å². The van der Waals surface area contributed by atoms with Gasteiger partial charge in [0.2, 0.25) is 5.75 Å². The smallest absolute Gasteiger partial charge is 0.200 e. The molecule has 2 aliphatic carbocycles. The fraction of sp³-hybridized carbons (Fsp3) is 0.545. The van der Waals surface area contributed by atoms with Crippen LogP contribution in [0.1, 0.15) is 81.4 Å². The normalized spacial score (nSPS) is 26.0. The number of benzene rings is 1. The van der Waals surface area contributed by atoms with E-state index in [1.807, 2.05) is 6.92 Å². The molecule has 0 saturated carbocycles. The summed E-state index contributed by atoms with van der Waals surface area (Å²) in [6.07, 6.45) is 8.11. The lowest BCUT2D eigenvalue weighted by Gasteiger charge is -2.35. The first-order valence-electron chi connectivity index (χ1n) is 9.48. The molecule has 0 fully saturated rings. The molecule has 0 spiro atoms. The Kier molecular flexibility index (Phi) is 4.86. The maximum absolute atomic E-state index is 10.8. The van der Waals surface area contributed by atoms with Gasteiger partial charge in [0, 0.05) is 17.0 Å². The predicted octanol–water partition coefficient (Wildman–Crippen LogP) is 5.65. The molecule has 25 heavy (non-hydrogen) atoms. The average molecular weight is 342 g/mol. The third-order valence-corrected chi connectivity index (χ3v) is 6.20. The topological polar surface area (TPSA) is 60.7 Å². The first kappa shape index (κ1) is 17.9. The van der Waals surface area contributed by atoms with Crippen molar-refractivity contribution in [1.29, 1.82) is 0 Å². The van der Waals surface area contributed by atoms with Gasteiger partial charge in [0.1, 0.15) is 0 Å². The molecule has 3 heteroatoms. The lowest BCUT2D eigenvalue weighted by atomic mass is 9.69. The largest absolute Gasteiger partial charge is 0.504 e. The Balaban J connectivity index is 2.27. The summed E-state index contributed by atoms with van der Waals surface area (Å²) in [6, 6.07) is 0. The molecule has 0 bridgehead atoms. The van der Waals surface area contributed by atoms with E-state index in [0.717, 1.165) is 60.8 Å². The van der Waals surface area contributed by atoms with Crippen LogP contribution in [0.5, 0.6) is 17.2 Å². The molecule has 0 unspecified atom stereocenters. The summed E-state index contributed by atoms with van der Waals surface area (Å²) in [4.78, 5) is 0. The summed E-state index contributed by atoms with van der Waals surface area (Å²) in [5.74, 6) is -0.106. The Labute approximate surface area is 150 Å². The second kappa shape index (κ2) is 6.78. The molecule has 0 aromatic heterocycles. The molecular weight excluding hydrogens is 312 g/mol. The van der Waals surface area contributed by atoms with Gasteiger partial charge in [0.25, 0.3) is 0 Å². The monoisotopic (exact) mass is 342 g/mol. The van der Waals surface area contributed by atoms with Crippen LogP contribution in [0.25, 0.3) is 0 Å². The maximum Gasteiger partial charge on any atom is 0.200 e. The van der Waals surface area contributed by atoms with Crippen molar-refractivity contribution >= 4 is 0 Å². The van der Waals surface area contributed by atoms with Crippen LogP contribution < -0.4 is 0 Å². The molecule has 3 atom stereocenters. The summed E-state index contributed by atoms with van der Waals surface area (Å²) in [5, 5.41) is 31.7. The molecule has 0 aliphatic heterocycles. The Morgan fingerprint density at radius 3 is 2.40 bits per heavy atom. The predicted molar refractivity (Wildman–Crippen MR) is 101 cm³/mol. The quantitative estimate of drug-likeness (QED) is 0.491. The molecule has 1 aromatic rings. The van der Waals surface area contributed by atoms with Crippen molar-refractivity contribution in [1.82, 2.24) is 0 Å². The minimum atomic E-state index is -0.355. The second-order valence-electron chi connectivity index (χ2n) is 7.88. The van der Waals surface area contributed by atoms with Crippen molar-refractivity contribution in [3.05, 3.63) is 40.5 Å². The van der Waals surface area contributed by atoms with Crippen LogP contribution in [0.4, 0.5) is 0 Å². The van der Waals surface area contributed by atoms with E-state index < -0.39 is 0 Å². The van der Waals surface area contributed by atoms with Crippen molar-refractivity contribution < 1.29 is 15.3 Å². The van der Waals surface area contributed by atoms with Crippen LogP contribution in [0.2, 0.25) is 0 Å². The summed E-state index contributed by atoms with van der Waals surface area (Å²) >= 11 is 0. The molecule has 1 aromatic carbocycles. The van der Waals surface area contributed by atoms with E-state index >= 15 is 0 Å². The molecule has 3 rings (SSSR count). The first-order chi connectivity index (χ1) is 11.9. The number of hydrogen-bond acceptors (Lipinski definition) is 3. The number of phenolic OH excluding ortho intramolecular Hbond substituents is 3. The lowest BCUT2D eigenvalue weighted by molar-refractivity contribution is 0.348.